The average molecular weight is 575 g/mol. The van der Waals surface area contributed by atoms with E-state index in [-0.39, 0.29) is 42.0 Å². The number of hydrogen-bond acceptors (Lipinski definition) is 8. The lowest BCUT2D eigenvalue weighted by Gasteiger charge is -2.45. The van der Waals surface area contributed by atoms with Crippen LogP contribution >= 0.6 is 11.6 Å². The summed E-state index contributed by atoms with van der Waals surface area (Å²) in [5, 5.41) is 2.89. The van der Waals surface area contributed by atoms with E-state index >= 15 is 0 Å². The Hall–Kier alpha value is -3.51. The molecular weight excluding hydrogens is 548 g/mol. The molecule has 11 nitrogen and oxygen atoms in total. The molecule has 0 saturated carbocycles. The van der Waals surface area contributed by atoms with E-state index < -0.39 is 22.4 Å². The number of cyclic esters (lactones) is 1. The van der Waals surface area contributed by atoms with Gasteiger partial charge in [0, 0.05) is 56.1 Å². The molecule has 0 aromatic heterocycles. The summed E-state index contributed by atoms with van der Waals surface area (Å²) in [7, 11) is -1.68. The van der Waals surface area contributed by atoms with Crippen LogP contribution in [0.2, 0.25) is 5.02 Å². The predicted octanol–water partition coefficient (Wildman–Crippen LogP) is 1.85. The van der Waals surface area contributed by atoms with Gasteiger partial charge in [0.1, 0.15) is 17.9 Å². The predicted molar refractivity (Wildman–Crippen MR) is 142 cm³/mol. The Morgan fingerprint density at radius 2 is 1.87 bits per heavy atom. The number of ether oxygens (including phenoxy) is 3. The number of anilines is 1. The number of carbonyl (C=O) groups is 3. The van der Waals surface area contributed by atoms with Crippen molar-refractivity contribution in [3.8, 4) is 11.5 Å². The van der Waals surface area contributed by atoms with E-state index in [0.29, 0.717) is 43.2 Å². The van der Waals surface area contributed by atoms with Crippen LogP contribution in [-0.2, 0) is 20.3 Å². The van der Waals surface area contributed by atoms with E-state index in [9.17, 15) is 18.6 Å². The van der Waals surface area contributed by atoms with Crippen LogP contribution in [0.25, 0.3) is 0 Å². The summed E-state index contributed by atoms with van der Waals surface area (Å²) in [6, 6.07) is 10.6. The highest BCUT2D eigenvalue weighted by Crippen LogP contribution is 2.36. The highest BCUT2D eigenvalue weighted by molar-refractivity contribution is 7.85. The largest absolute Gasteiger partial charge is 0.454 e. The quantitative estimate of drug-likeness (QED) is 0.575. The van der Waals surface area contributed by atoms with Gasteiger partial charge in [-0.3, -0.25) is 13.8 Å². The second-order valence-electron chi connectivity index (χ2n) is 10.2. The van der Waals surface area contributed by atoms with Crippen molar-refractivity contribution in [2.45, 2.75) is 23.4 Å². The van der Waals surface area contributed by atoms with E-state index in [0.717, 1.165) is 17.2 Å². The zero-order valence-corrected chi connectivity index (χ0v) is 22.8. The van der Waals surface area contributed by atoms with Crippen LogP contribution in [0.15, 0.2) is 41.3 Å². The van der Waals surface area contributed by atoms with Crippen molar-refractivity contribution >= 4 is 46.0 Å². The summed E-state index contributed by atoms with van der Waals surface area (Å²) in [6.45, 7) is 4.83. The molecule has 2 aromatic carbocycles. The Bertz CT molecular complexity index is 1380. The first-order valence-electron chi connectivity index (χ1n) is 12.6. The van der Waals surface area contributed by atoms with Crippen molar-refractivity contribution in [2.75, 3.05) is 56.8 Å². The van der Waals surface area contributed by atoms with Gasteiger partial charge in [-0.2, -0.15) is 0 Å². The van der Waals surface area contributed by atoms with Crippen molar-refractivity contribution < 1.29 is 32.8 Å². The standard InChI is InChI=1S/C26H27ClN4O7S/c1-16-10-29(6-7-31(16)18-3-4-20-21(9-18)38-15-37-20)24(33)17-2-5-22(19(27)8-17)39(35)11-23(32)30-12-26(13-30)14-36-25(34)28-26/h2-5,8-9,16H,6-7,10-15H2,1H3,(H,28,34)/t16-,39?/m1/s1. The number of benzene rings is 2. The molecule has 39 heavy (non-hydrogen) atoms. The van der Waals surface area contributed by atoms with Crippen LogP contribution in [-0.4, -0.2) is 95.4 Å². The van der Waals surface area contributed by atoms with Gasteiger partial charge in [-0.1, -0.05) is 11.6 Å². The molecule has 0 aliphatic carbocycles. The van der Waals surface area contributed by atoms with Gasteiger partial charge in [0.15, 0.2) is 11.5 Å². The topological polar surface area (TPSA) is 118 Å². The smallest absolute Gasteiger partial charge is 0.407 e. The van der Waals surface area contributed by atoms with Crippen LogP contribution in [0.1, 0.15) is 17.3 Å². The number of nitrogens with one attached hydrogen (secondary N) is 1. The highest BCUT2D eigenvalue weighted by Gasteiger charge is 2.51. The molecule has 13 heteroatoms. The summed E-state index contributed by atoms with van der Waals surface area (Å²) >= 11 is 6.43. The van der Waals surface area contributed by atoms with E-state index in [2.05, 4.69) is 17.1 Å². The van der Waals surface area contributed by atoms with E-state index in [4.69, 9.17) is 25.8 Å². The zero-order valence-electron chi connectivity index (χ0n) is 21.2. The minimum Gasteiger partial charge on any atom is -0.454 e. The molecule has 1 unspecified atom stereocenters. The second kappa shape index (κ2) is 9.91. The number of hydrogen-bond donors (Lipinski definition) is 1. The first-order valence-corrected chi connectivity index (χ1v) is 14.3. The Balaban J connectivity index is 1.05. The molecule has 1 N–H and O–H groups in total. The van der Waals surface area contributed by atoms with Crippen molar-refractivity contribution in [3.63, 3.8) is 0 Å². The van der Waals surface area contributed by atoms with Gasteiger partial charge in [-0.15, -0.1) is 0 Å². The molecule has 3 amide bonds. The average Bonchev–Trinajstić information content (AvgIpc) is 3.53. The number of alkyl carbamates (subject to hydrolysis) is 1. The molecular formula is C26H27ClN4O7S. The molecule has 2 atom stereocenters. The number of halogens is 1. The maximum absolute atomic E-state index is 13.3. The Kier molecular flexibility index (Phi) is 6.54. The summed E-state index contributed by atoms with van der Waals surface area (Å²) in [5.41, 5.74) is 0.872. The molecule has 206 valence electrons. The van der Waals surface area contributed by atoms with Gasteiger partial charge in [-0.05, 0) is 37.3 Å². The fraction of sp³-hybridized carbons (Fsp3) is 0.423. The maximum atomic E-state index is 13.3. The maximum Gasteiger partial charge on any atom is 0.407 e. The number of fused-ring (bicyclic) bond motifs is 1. The lowest BCUT2D eigenvalue weighted by atomic mass is 9.92. The van der Waals surface area contributed by atoms with E-state index in [1.54, 1.807) is 17.0 Å². The Morgan fingerprint density at radius 1 is 1.08 bits per heavy atom. The van der Waals surface area contributed by atoms with Crippen LogP contribution < -0.4 is 19.7 Å². The molecule has 4 aliphatic heterocycles. The number of likely N-dealkylation sites (tertiary alicyclic amines) is 1. The normalized spacial score (nSPS) is 21.8. The third kappa shape index (κ3) is 4.87. The van der Waals surface area contributed by atoms with Crippen LogP contribution in [0.4, 0.5) is 10.5 Å². The molecule has 1 spiro atoms. The van der Waals surface area contributed by atoms with E-state index in [1.165, 1.54) is 11.0 Å². The molecule has 2 aromatic rings. The minimum absolute atomic E-state index is 0.0705. The molecule has 3 fully saturated rings. The number of nitrogens with zero attached hydrogens (tertiary/aromatic N) is 3. The molecule has 4 heterocycles. The fourth-order valence-corrected chi connectivity index (χ4v) is 6.89. The monoisotopic (exact) mass is 574 g/mol. The minimum atomic E-state index is -1.68. The SMILES string of the molecule is C[C@@H]1CN(C(=O)c2ccc(S(=O)CC(=O)N3CC4(COC(=O)N4)C3)c(Cl)c2)CCN1c1ccc2c(c1)OCO2. The lowest BCUT2D eigenvalue weighted by Crippen LogP contribution is -2.70. The van der Waals surface area contributed by atoms with Crippen molar-refractivity contribution in [1.29, 1.82) is 0 Å². The van der Waals surface area contributed by atoms with Gasteiger partial charge in [0.25, 0.3) is 5.91 Å². The summed E-state index contributed by atoms with van der Waals surface area (Å²) in [4.78, 5) is 43.0. The molecule has 0 radical (unpaired) electrons. The van der Waals surface area contributed by atoms with Crippen LogP contribution in [0, 0.1) is 0 Å². The van der Waals surface area contributed by atoms with Gasteiger partial charge >= 0.3 is 6.09 Å². The van der Waals surface area contributed by atoms with Gasteiger partial charge in [0.05, 0.1) is 20.7 Å². The fourth-order valence-electron chi connectivity index (χ4n) is 5.40. The van der Waals surface area contributed by atoms with Crippen LogP contribution in [0.5, 0.6) is 11.5 Å². The molecule has 3 saturated heterocycles. The zero-order chi connectivity index (χ0) is 27.3. The van der Waals surface area contributed by atoms with Crippen molar-refractivity contribution in [1.82, 2.24) is 15.1 Å². The Morgan fingerprint density at radius 3 is 2.59 bits per heavy atom. The summed E-state index contributed by atoms with van der Waals surface area (Å²) in [5.74, 6) is 0.753. The van der Waals surface area contributed by atoms with Crippen LogP contribution in [0.3, 0.4) is 0 Å². The summed E-state index contributed by atoms with van der Waals surface area (Å²) < 4.78 is 28.7. The molecule has 0 bridgehead atoms. The summed E-state index contributed by atoms with van der Waals surface area (Å²) in [6.07, 6.45) is -0.492. The molecule has 6 rings (SSSR count). The van der Waals surface area contributed by atoms with Gasteiger partial charge in [-0.25, -0.2) is 4.79 Å². The third-order valence-electron chi connectivity index (χ3n) is 7.47. The second-order valence-corrected chi connectivity index (χ2v) is 12.0. The number of piperazine rings is 1. The first kappa shape index (κ1) is 25.8. The number of amides is 3. The lowest BCUT2D eigenvalue weighted by molar-refractivity contribution is -0.136. The highest BCUT2D eigenvalue weighted by atomic mass is 35.5. The Labute approximate surface area is 232 Å². The number of rotatable bonds is 5. The van der Waals surface area contributed by atoms with Gasteiger partial charge in [0.2, 0.25) is 12.7 Å². The van der Waals surface area contributed by atoms with Crippen molar-refractivity contribution in [3.05, 3.63) is 47.0 Å². The van der Waals surface area contributed by atoms with Gasteiger partial charge < -0.3 is 34.2 Å². The van der Waals surface area contributed by atoms with Crippen molar-refractivity contribution in [2.24, 2.45) is 0 Å². The first-order chi connectivity index (χ1) is 18.7. The number of carbonyl (C=O) groups excluding carboxylic acids is 3. The molecule has 4 aliphatic rings. The van der Waals surface area contributed by atoms with E-state index in [1.807, 2.05) is 18.2 Å². The third-order valence-corrected chi connectivity index (χ3v) is 9.25.